The first kappa shape index (κ1) is 17.2. The van der Waals surface area contributed by atoms with Crippen LogP contribution in [0.2, 0.25) is 5.15 Å². The molecule has 2 rings (SSSR count). The average molecular weight is 355 g/mol. The SMILES string of the molecule is CC(C)c1ccc(C(=O)O)cc1S(=O)(=O)Nc1ccc(Cl)nc1. The number of halogens is 1. The molecule has 0 saturated heterocycles. The lowest BCUT2D eigenvalue weighted by molar-refractivity contribution is 0.0696. The van der Waals surface area contributed by atoms with Crippen LogP contribution in [0.3, 0.4) is 0 Å². The maximum atomic E-state index is 12.6. The maximum Gasteiger partial charge on any atom is 0.335 e. The lowest BCUT2D eigenvalue weighted by Crippen LogP contribution is -2.16. The molecule has 122 valence electrons. The van der Waals surface area contributed by atoms with E-state index in [1.807, 2.05) is 13.8 Å². The summed E-state index contributed by atoms with van der Waals surface area (Å²) in [7, 11) is -3.95. The number of nitrogens with zero attached hydrogens (tertiary/aromatic N) is 1. The molecular formula is C15H15ClN2O4S. The Hall–Kier alpha value is -2.12. The van der Waals surface area contributed by atoms with Crippen LogP contribution in [0.4, 0.5) is 5.69 Å². The minimum absolute atomic E-state index is 0.0673. The highest BCUT2D eigenvalue weighted by Gasteiger charge is 2.22. The Bertz CT molecular complexity index is 833. The van der Waals surface area contributed by atoms with Crippen molar-refractivity contribution in [2.24, 2.45) is 0 Å². The van der Waals surface area contributed by atoms with Gasteiger partial charge in [0.05, 0.1) is 22.3 Å². The molecule has 0 aliphatic carbocycles. The number of anilines is 1. The molecule has 1 heterocycles. The molecule has 0 spiro atoms. The number of benzene rings is 1. The van der Waals surface area contributed by atoms with Crippen molar-refractivity contribution in [1.82, 2.24) is 4.98 Å². The van der Waals surface area contributed by atoms with Crippen LogP contribution in [0, 0.1) is 0 Å². The van der Waals surface area contributed by atoms with Crippen LogP contribution in [-0.4, -0.2) is 24.5 Å². The molecule has 0 saturated carbocycles. The fourth-order valence-corrected chi connectivity index (χ4v) is 3.57. The molecule has 23 heavy (non-hydrogen) atoms. The molecule has 0 amide bonds. The van der Waals surface area contributed by atoms with Gasteiger partial charge in [-0.25, -0.2) is 18.2 Å². The number of hydrogen-bond acceptors (Lipinski definition) is 4. The molecule has 1 aromatic carbocycles. The van der Waals surface area contributed by atoms with E-state index in [2.05, 4.69) is 9.71 Å². The largest absolute Gasteiger partial charge is 0.478 e. The van der Waals surface area contributed by atoms with E-state index in [1.165, 1.54) is 30.5 Å². The van der Waals surface area contributed by atoms with Gasteiger partial charge in [-0.2, -0.15) is 0 Å². The summed E-state index contributed by atoms with van der Waals surface area (Å²) in [5.41, 5.74) is 0.679. The molecule has 0 fully saturated rings. The van der Waals surface area contributed by atoms with Gasteiger partial charge >= 0.3 is 5.97 Å². The van der Waals surface area contributed by atoms with Gasteiger partial charge in [0.2, 0.25) is 0 Å². The monoisotopic (exact) mass is 354 g/mol. The Kier molecular flexibility index (Phi) is 4.91. The number of carboxylic acids is 1. The van der Waals surface area contributed by atoms with Crippen LogP contribution in [0.1, 0.15) is 35.7 Å². The van der Waals surface area contributed by atoms with Crippen LogP contribution in [0.25, 0.3) is 0 Å². The number of carboxylic acid groups (broad SMARTS) is 1. The summed E-state index contributed by atoms with van der Waals surface area (Å²) < 4.78 is 27.6. The van der Waals surface area contributed by atoms with E-state index in [-0.39, 0.29) is 27.2 Å². The van der Waals surface area contributed by atoms with Gasteiger partial charge in [0, 0.05) is 0 Å². The summed E-state index contributed by atoms with van der Waals surface area (Å²) in [4.78, 5) is 14.9. The highest BCUT2D eigenvalue weighted by atomic mass is 35.5. The fourth-order valence-electron chi connectivity index (χ4n) is 2.02. The van der Waals surface area contributed by atoms with Crippen molar-refractivity contribution in [3.63, 3.8) is 0 Å². The summed E-state index contributed by atoms with van der Waals surface area (Å²) in [6.07, 6.45) is 1.29. The van der Waals surface area contributed by atoms with Gasteiger partial charge < -0.3 is 5.11 Å². The van der Waals surface area contributed by atoms with Gasteiger partial charge in [0.25, 0.3) is 10.0 Å². The smallest absolute Gasteiger partial charge is 0.335 e. The lowest BCUT2D eigenvalue weighted by Gasteiger charge is -2.15. The predicted octanol–water partition coefficient (Wildman–Crippen LogP) is 3.36. The van der Waals surface area contributed by atoms with Gasteiger partial charge in [-0.1, -0.05) is 31.5 Å². The number of carbonyl (C=O) groups is 1. The maximum absolute atomic E-state index is 12.6. The van der Waals surface area contributed by atoms with E-state index in [0.29, 0.717) is 5.56 Å². The molecule has 0 bridgehead atoms. The van der Waals surface area contributed by atoms with Crippen molar-refractivity contribution in [3.05, 3.63) is 52.8 Å². The number of pyridine rings is 1. The molecule has 0 unspecified atom stereocenters. The zero-order valence-corrected chi connectivity index (χ0v) is 14.0. The molecule has 0 aliphatic heterocycles. The molecule has 8 heteroatoms. The van der Waals surface area contributed by atoms with Crippen LogP contribution >= 0.6 is 11.6 Å². The molecule has 1 aromatic heterocycles. The highest BCUT2D eigenvalue weighted by Crippen LogP contribution is 2.27. The van der Waals surface area contributed by atoms with Crippen LogP contribution in [-0.2, 0) is 10.0 Å². The number of aromatic nitrogens is 1. The second kappa shape index (κ2) is 6.55. The van der Waals surface area contributed by atoms with Crippen molar-refractivity contribution in [3.8, 4) is 0 Å². The fraction of sp³-hybridized carbons (Fsp3) is 0.200. The van der Waals surface area contributed by atoms with Crippen molar-refractivity contribution in [2.75, 3.05) is 4.72 Å². The van der Waals surface area contributed by atoms with Crippen LogP contribution in [0.5, 0.6) is 0 Å². The Morgan fingerprint density at radius 3 is 2.48 bits per heavy atom. The third-order valence-corrected chi connectivity index (χ3v) is 4.81. The highest BCUT2D eigenvalue weighted by molar-refractivity contribution is 7.92. The Morgan fingerprint density at radius 2 is 1.96 bits per heavy atom. The minimum atomic E-state index is -3.95. The summed E-state index contributed by atoms with van der Waals surface area (Å²) in [6.45, 7) is 3.66. The summed E-state index contributed by atoms with van der Waals surface area (Å²) >= 11 is 5.67. The van der Waals surface area contributed by atoms with Crippen molar-refractivity contribution >= 4 is 33.3 Å². The normalized spacial score (nSPS) is 11.5. The zero-order valence-electron chi connectivity index (χ0n) is 12.4. The van der Waals surface area contributed by atoms with Crippen molar-refractivity contribution in [2.45, 2.75) is 24.7 Å². The van der Waals surface area contributed by atoms with E-state index in [9.17, 15) is 13.2 Å². The van der Waals surface area contributed by atoms with E-state index in [4.69, 9.17) is 16.7 Å². The molecule has 0 aliphatic rings. The first-order valence-corrected chi connectivity index (χ1v) is 8.58. The predicted molar refractivity (Wildman–Crippen MR) is 87.5 cm³/mol. The van der Waals surface area contributed by atoms with Crippen molar-refractivity contribution < 1.29 is 18.3 Å². The average Bonchev–Trinajstić information content (AvgIpc) is 2.48. The van der Waals surface area contributed by atoms with Gasteiger partial charge in [-0.3, -0.25) is 4.72 Å². The summed E-state index contributed by atoms with van der Waals surface area (Å²) in [6, 6.07) is 6.99. The second-order valence-electron chi connectivity index (χ2n) is 5.19. The Morgan fingerprint density at radius 1 is 1.26 bits per heavy atom. The first-order valence-electron chi connectivity index (χ1n) is 6.72. The number of sulfonamides is 1. The first-order chi connectivity index (χ1) is 10.7. The number of aromatic carboxylic acids is 1. The quantitative estimate of drug-likeness (QED) is 0.802. The molecule has 2 aromatic rings. The molecular weight excluding hydrogens is 340 g/mol. The van der Waals surface area contributed by atoms with E-state index in [0.717, 1.165) is 6.07 Å². The Labute approximate surface area is 139 Å². The van der Waals surface area contributed by atoms with Gasteiger partial charge in [0.1, 0.15) is 5.15 Å². The van der Waals surface area contributed by atoms with Crippen LogP contribution in [0.15, 0.2) is 41.4 Å². The standard InChI is InChI=1S/C15H15ClN2O4S/c1-9(2)12-5-3-10(15(19)20)7-13(12)23(21,22)18-11-4-6-14(16)17-8-11/h3-9,18H,1-2H3,(H,19,20). The minimum Gasteiger partial charge on any atom is -0.478 e. The topological polar surface area (TPSA) is 96.4 Å². The summed E-state index contributed by atoms with van der Waals surface area (Å²) in [5, 5.41) is 9.32. The van der Waals surface area contributed by atoms with Gasteiger partial charge in [-0.15, -0.1) is 0 Å². The number of rotatable bonds is 5. The molecule has 2 N–H and O–H groups in total. The lowest BCUT2D eigenvalue weighted by atomic mass is 10.0. The van der Waals surface area contributed by atoms with E-state index >= 15 is 0 Å². The third-order valence-electron chi connectivity index (χ3n) is 3.15. The van der Waals surface area contributed by atoms with E-state index in [1.54, 1.807) is 0 Å². The number of nitrogens with one attached hydrogen (secondary N) is 1. The number of hydrogen-bond donors (Lipinski definition) is 2. The van der Waals surface area contributed by atoms with Gasteiger partial charge in [0.15, 0.2) is 0 Å². The van der Waals surface area contributed by atoms with E-state index < -0.39 is 16.0 Å². The Balaban J connectivity index is 2.50. The van der Waals surface area contributed by atoms with Gasteiger partial charge in [-0.05, 0) is 35.7 Å². The third kappa shape index (κ3) is 4.00. The zero-order chi connectivity index (χ0) is 17.2. The molecule has 0 atom stereocenters. The van der Waals surface area contributed by atoms with Crippen molar-refractivity contribution in [1.29, 1.82) is 0 Å². The van der Waals surface area contributed by atoms with Crippen LogP contribution < -0.4 is 4.72 Å². The molecule has 6 nitrogen and oxygen atoms in total. The summed E-state index contributed by atoms with van der Waals surface area (Å²) in [5.74, 6) is -1.28. The second-order valence-corrected chi connectivity index (χ2v) is 7.23. The molecule has 0 radical (unpaired) electrons.